The zero-order valence-electron chi connectivity index (χ0n) is 13.1. The molecule has 1 atom stereocenters. The molecule has 1 heterocycles. The number of nitrogens with one attached hydrogen (secondary N) is 1. The van der Waals surface area contributed by atoms with Crippen LogP contribution in [0.3, 0.4) is 0 Å². The summed E-state index contributed by atoms with van der Waals surface area (Å²) in [5.41, 5.74) is -0.0986. The number of aliphatic hydroxyl groups is 1. The van der Waals surface area contributed by atoms with Gasteiger partial charge in [0.2, 0.25) is 0 Å². The minimum absolute atomic E-state index is 0.0986. The van der Waals surface area contributed by atoms with Crippen LogP contribution in [0.4, 0.5) is 0 Å². The minimum Gasteiger partial charge on any atom is -0.394 e. The number of hydrogen-bond donors (Lipinski definition) is 2. The van der Waals surface area contributed by atoms with E-state index in [1.54, 1.807) is 0 Å². The summed E-state index contributed by atoms with van der Waals surface area (Å²) in [6.07, 6.45) is 4.61. The van der Waals surface area contributed by atoms with Crippen LogP contribution in [0.2, 0.25) is 0 Å². The van der Waals surface area contributed by atoms with Crippen molar-refractivity contribution in [3.8, 4) is 0 Å². The second kappa shape index (κ2) is 8.90. The van der Waals surface area contributed by atoms with E-state index in [0.29, 0.717) is 0 Å². The fourth-order valence-corrected chi connectivity index (χ4v) is 2.67. The Morgan fingerprint density at radius 3 is 2.68 bits per heavy atom. The third kappa shape index (κ3) is 6.70. The van der Waals surface area contributed by atoms with Gasteiger partial charge in [-0.1, -0.05) is 6.92 Å². The summed E-state index contributed by atoms with van der Waals surface area (Å²) in [6, 6.07) is 0. The van der Waals surface area contributed by atoms with Gasteiger partial charge < -0.3 is 20.2 Å². The van der Waals surface area contributed by atoms with E-state index in [9.17, 15) is 5.11 Å². The van der Waals surface area contributed by atoms with Crippen molar-refractivity contribution in [3.63, 3.8) is 0 Å². The number of hydrogen-bond acceptors (Lipinski definition) is 4. The third-order valence-electron chi connectivity index (χ3n) is 4.17. The normalized spacial score (nSPS) is 22.1. The molecule has 114 valence electrons. The maximum Gasteiger partial charge on any atom is 0.0610 e. The van der Waals surface area contributed by atoms with Crippen LogP contribution < -0.4 is 5.32 Å². The smallest absolute Gasteiger partial charge is 0.0610 e. The number of rotatable bonds is 8. The first-order valence-electron chi connectivity index (χ1n) is 7.86. The molecule has 1 fully saturated rings. The van der Waals surface area contributed by atoms with E-state index in [0.717, 1.165) is 32.4 Å². The Bertz CT molecular complexity index is 237. The Morgan fingerprint density at radius 2 is 2.00 bits per heavy atom. The van der Waals surface area contributed by atoms with Crippen LogP contribution >= 0.6 is 0 Å². The molecule has 4 nitrogen and oxygen atoms in total. The maximum absolute atomic E-state index is 9.55. The second-order valence-corrected chi connectivity index (χ2v) is 6.25. The predicted octanol–water partition coefficient (Wildman–Crippen LogP) is 1.15. The lowest BCUT2D eigenvalue weighted by atomic mass is 9.96. The van der Waals surface area contributed by atoms with Crippen LogP contribution in [-0.4, -0.2) is 73.4 Å². The first kappa shape index (κ1) is 16.9. The summed E-state index contributed by atoms with van der Waals surface area (Å²) >= 11 is 0. The zero-order valence-corrected chi connectivity index (χ0v) is 13.1. The van der Waals surface area contributed by atoms with Gasteiger partial charge in [0.15, 0.2) is 0 Å². The lowest BCUT2D eigenvalue weighted by molar-refractivity contribution is 0.157. The number of likely N-dealkylation sites (N-methyl/N-ethyl adjacent to an activating group) is 1. The van der Waals surface area contributed by atoms with Crippen LogP contribution in [0.5, 0.6) is 0 Å². The maximum atomic E-state index is 9.55. The summed E-state index contributed by atoms with van der Waals surface area (Å²) in [5.74, 6) is 0. The second-order valence-electron chi connectivity index (χ2n) is 6.25. The SMILES string of the molecule is CCCNC(C)(CO)CCCN1CCCN(C)CC1. The predicted molar refractivity (Wildman–Crippen MR) is 81.6 cm³/mol. The van der Waals surface area contributed by atoms with E-state index in [1.807, 2.05) is 0 Å². The highest BCUT2D eigenvalue weighted by Gasteiger charge is 2.22. The first-order valence-corrected chi connectivity index (χ1v) is 7.86. The van der Waals surface area contributed by atoms with Crippen molar-refractivity contribution in [2.75, 3.05) is 52.9 Å². The third-order valence-corrected chi connectivity index (χ3v) is 4.17. The van der Waals surface area contributed by atoms with E-state index >= 15 is 0 Å². The molecular formula is C15H33N3O. The highest BCUT2D eigenvalue weighted by Crippen LogP contribution is 2.13. The van der Waals surface area contributed by atoms with Crippen LogP contribution in [0, 0.1) is 0 Å². The highest BCUT2D eigenvalue weighted by atomic mass is 16.3. The van der Waals surface area contributed by atoms with Crippen LogP contribution in [0.1, 0.15) is 39.5 Å². The molecule has 1 aliphatic rings. The fraction of sp³-hybridized carbons (Fsp3) is 1.00. The molecule has 0 spiro atoms. The molecule has 0 aliphatic carbocycles. The Morgan fingerprint density at radius 1 is 1.21 bits per heavy atom. The van der Waals surface area contributed by atoms with E-state index in [2.05, 4.69) is 36.0 Å². The summed E-state index contributed by atoms with van der Waals surface area (Å²) in [7, 11) is 2.21. The molecule has 1 aliphatic heterocycles. The lowest BCUT2D eigenvalue weighted by Gasteiger charge is -2.30. The molecular weight excluding hydrogens is 238 g/mol. The first-order chi connectivity index (χ1) is 9.09. The lowest BCUT2D eigenvalue weighted by Crippen LogP contribution is -2.46. The summed E-state index contributed by atoms with van der Waals surface area (Å²) in [4.78, 5) is 4.99. The molecule has 1 saturated heterocycles. The van der Waals surface area contributed by atoms with Gasteiger partial charge in [0.1, 0.15) is 0 Å². The molecule has 0 radical (unpaired) electrons. The van der Waals surface area contributed by atoms with Crippen molar-refractivity contribution in [1.29, 1.82) is 0 Å². The van der Waals surface area contributed by atoms with E-state index in [4.69, 9.17) is 0 Å². The number of aliphatic hydroxyl groups excluding tert-OH is 1. The molecule has 0 aromatic heterocycles. The summed E-state index contributed by atoms with van der Waals surface area (Å²) in [5, 5.41) is 13.0. The van der Waals surface area contributed by atoms with Crippen molar-refractivity contribution in [2.45, 2.75) is 45.1 Å². The largest absolute Gasteiger partial charge is 0.394 e. The van der Waals surface area contributed by atoms with Crippen molar-refractivity contribution < 1.29 is 5.11 Å². The van der Waals surface area contributed by atoms with Gasteiger partial charge in [-0.15, -0.1) is 0 Å². The topological polar surface area (TPSA) is 38.7 Å². The van der Waals surface area contributed by atoms with Crippen molar-refractivity contribution in [3.05, 3.63) is 0 Å². The quantitative estimate of drug-likeness (QED) is 0.695. The molecule has 1 unspecified atom stereocenters. The van der Waals surface area contributed by atoms with Gasteiger partial charge in [-0.2, -0.15) is 0 Å². The van der Waals surface area contributed by atoms with Crippen LogP contribution in [0.25, 0.3) is 0 Å². The van der Waals surface area contributed by atoms with E-state index < -0.39 is 0 Å². The Balaban J connectivity index is 2.23. The molecule has 2 N–H and O–H groups in total. The zero-order chi connectivity index (χ0) is 14.1. The average Bonchev–Trinajstić information content (AvgIpc) is 2.61. The average molecular weight is 271 g/mol. The monoisotopic (exact) mass is 271 g/mol. The molecule has 0 aromatic carbocycles. The van der Waals surface area contributed by atoms with Crippen LogP contribution in [0.15, 0.2) is 0 Å². The van der Waals surface area contributed by atoms with Crippen molar-refractivity contribution >= 4 is 0 Å². The van der Waals surface area contributed by atoms with Gasteiger partial charge in [0.25, 0.3) is 0 Å². The molecule has 4 heteroatoms. The van der Waals surface area contributed by atoms with Gasteiger partial charge in [-0.3, -0.25) is 0 Å². The van der Waals surface area contributed by atoms with Crippen molar-refractivity contribution in [1.82, 2.24) is 15.1 Å². The van der Waals surface area contributed by atoms with Gasteiger partial charge in [0.05, 0.1) is 6.61 Å². The van der Waals surface area contributed by atoms with Gasteiger partial charge in [0, 0.05) is 18.6 Å². The van der Waals surface area contributed by atoms with Crippen molar-refractivity contribution in [2.24, 2.45) is 0 Å². The molecule has 19 heavy (non-hydrogen) atoms. The summed E-state index contributed by atoms with van der Waals surface area (Å²) in [6.45, 7) is 11.5. The van der Waals surface area contributed by atoms with E-state index in [1.165, 1.54) is 32.6 Å². The van der Waals surface area contributed by atoms with E-state index in [-0.39, 0.29) is 12.1 Å². The molecule has 0 saturated carbocycles. The molecule has 1 rings (SSSR count). The Labute approximate surface area is 119 Å². The van der Waals surface area contributed by atoms with Crippen LogP contribution in [-0.2, 0) is 0 Å². The van der Waals surface area contributed by atoms with Gasteiger partial charge in [-0.05, 0) is 65.8 Å². The molecule has 0 amide bonds. The standard InChI is InChI=1S/C15H33N3O/c1-4-8-16-15(2,14-19)7-5-10-18-11-6-9-17(3)12-13-18/h16,19H,4-14H2,1-3H3. The Hall–Kier alpha value is -0.160. The summed E-state index contributed by atoms with van der Waals surface area (Å²) < 4.78 is 0. The van der Waals surface area contributed by atoms with Gasteiger partial charge in [-0.25, -0.2) is 0 Å². The molecule has 0 bridgehead atoms. The Kier molecular flexibility index (Phi) is 7.91. The minimum atomic E-state index is -0.0986. The number of nitrogens with zero attached hydrogens (tertiary/aromatic N) is 2. The fourth-order valence-electron chi connectivity index (χ4n) is 2.67. The highest BCUT2D eigenvalue weighted by molar-refractivity contribution is 4.82. The van der Waals surface area contributed by atoms with Gasteiger partial charge >= 0.3 is 0 Å². The molecule has 0 aromatic rings.